The molecule has 11 nitrogen and oxygen atoms in total. The van der Waals surface area contributed by atoms with Gasteiger partial charge in [-0.25, -0.2) is 9.36 Å². The molecule has 0 bridgehead atoms. The molecule has 3 unspecified atom stereocenters. The van der Waals surface area contributed by atoms with Crippen LogP contribution in [0.25, 0.3) is 0 Å². The molecule has 0 aromatic heterocycles. The number of carbonyl (C=O) groups is 3. The van der Waals surface area contributed by atoms with Crippen LogP contribution in [0.1, 0.15) is 181 Å². The fourth-order valence-electron chi connectivity index (χ4n) is 5.57. The maximum absolute atomic E-state index is 12.3. The monoisotopic (exact) mass is 786 g/mol. The van der Waals surface area contributed by atoms with E-state index in [-0.39, 0.29) is 12.8 Å². The van der Waals surface area contributed by atoms with Gasteiger partial charge < -0.3 is 25.2 Å². The number of phosphoric ester groups is 1. The lowest BCUT2D eigenvalue weighted by Crippen LogP contribution is -2.43. The molecule has 0 spiro atoms. The largest absolute Gasteiger partial charge is 0.480 e. The molecule has 0 aliphatic rings. The third-order valence-corrected chi connectivity index (χ3v) is 9.85. The first-order valence-corrected chi connectivity index (χ1v) is 22.5. The average molecular weight is 786 g/mol. The zero-order valence-corrected chi connectivity index (χ0v) is 34.7. The molecule has 1 amide bonds. The van der Waals surface area contributed by atoms with Crippen LogP contribution >= 0.6 is 7.82 Å². The molecule has 0 aliphatic heterocycles. The Bertz CT molecular complexity index is 1060. The number of aliphatic hydroxyl groups excluding tert-OH is 1. The zero-order chi connectivity index (χ0) is 40.0. The molecular weight excluding hydrogens is 709 g/mol. The molecule has 54 heavy (non-hydrogen) atoms. The number of ether oxygens (including phenoxy) is 1. The van der Waals surface area contributed by atoms with Crippen molar-refractivity contribution >= 4 is 25.7 Å². The van der Waals surface area contributed by atoms with Gasteiger partial charge in [0.05, 0.1) is 13.2 Å². The third-order valence-electron chi connectivity index (χ3n) is 8.90. The second-order valence-corrected chi connectivity index (χ2v) is 15.6. The van der Waals surface area contributed by atoms with E-state index in [0.29, 0.717) is 12.8 Å². The van der Waals surface area contributed by atoms with Gasteiger partial charge in [-0.1, -0.05) is 134 Å². The van der Waals surface area contributed by atoms with Gasteiger partial charge in [-0.3, -0.25) is 18.6 Å². The number of carboxylic acids is 1. The molecule has 0 rings (SSSR count). The maximum atomic E-state index is 12.3. The minimum absolute atomic E-state index is 0.135. The van der Waals surface area contributed by atoms with E-state index in [1.54, 1.807) is 0 Å². The van der Waals surface area contributed by atoms with Crippen LogP contribution in [-0.2, 0) is 32.7 Å². The number of amides is 1. The summed E-state index contributed by atoms with van der Waals surface area (Å²) in [5, 5.41) is 21.8. The van der Waals surface area contributed by atoms with Crippen LogP contribution in [0, 0.1) is 0 Å². The van der Waals surface area contributed by atoms with Crippen molar-refractivity contribution in [2.75, 3.05) is 19.8 Å². The Morgan fingerprint density at radius 1 is 0.593 bits per heavy atom. The predicted molar refractivity (Wildman–Crippen MR) is 217 cm³/mol. The predicted octanol–water partition coefficient (Wildman–Crippen LogP) is 10.4. The normalized spacial score (nSPS) is 14.1. The minimum Gasteiger partial charge on any atom is -0.480 e. The topological polar surface area (TPSA) is 169 Å². The van der Waals surface area contributed by atoms with Crippen LogP contribution in [0.4, 0.5) is 0 Å². The second kappa shape index (κ2) is 37.6. The summed E-state index contributed by atoms with van der Waals surface area (Å²) in [5.41, 5.74) is 0. The molecule has 0 heterocycles. The first-order valence-electron chi connectivity index (χ1n) is 21.0. The Labute approximate surface area is 327 Å². The Morgan fingerprint density at radius 3 is 1.56 bits per heavy atom. The number of carboxylic acid groups (broad SMARTS) is 1. The number of nitrogens with one attached hydrogen (secondary N) is 1. The summed E-state index contributed by atoms with van der Waals surface area (Å²) in [6.45, 7) is 2.53. The Balaban J connectivity index is 3.93. The number of esters is 1. The van der Waals surface area contributed by atoms with E-state index in [0.717, 1.165) is 70.6 Å². The van der Waals surface area contributed by atoms with E-state index in [4.69, 9.17) is 13.8 Å². The summed E-state index contributed by atoms with van der Waals surface area (Å²) in [4.78, 5) is 45.8. The molecule has 4 N–H and O–H groups in total. The Kier molecular flexibility index (Phi) is 36.0. The van der Waals surface area contributed by atoms with E-state index >= 15 is 0 Å². The highest BCUT2D eigenvalue weighted by Gasteiger charge is 2.28. The van der Waals surface area contributed by atoms with Gasteiger partial charge in [-0.2, -0.15) is 0 Å². The Hall–Kier alpha value is -2.30. The van der Waals surface area contributed by atoms with Crippen molar-refractivity contribution in [1.29, 1.82) is 0 Å². The number of aliphatic hydroxyl groups is 1. The van der Waals surface area contributed by atoms with Crippen LogP contribution < -0.4 is 5.32 Å². The number of allylic oxidation sites excluding steroid dienone is 6. The number of carbonyl (C=O) groups excluding carboxylic acids is 2. The molecule has 0 fully saturated rings. The van der Waals surface area contributed by atoms with Crippen LogP contribution in [0.15, 0.2) is 36.5 Å². The quantitative estimate of drug-likeness (QED) is 0.0204. The van der Waals surface area contributed by atoms with Gasteiger partial charge >= 0.3 is 19.8 Å². The molecule has 12 heteroatoms. The second-order valence-electron chi connectivity index (χ2n) is 14.2. The van der Waals surface area contributed by atoms with Crippen molar-refractivity contribution < 1.29 is 47.8 Å². The number of unbranched alkanes of at least 4 members (excludes halogenated alkanes) is 19. The summed E-state index contributed by atoms with van der Waals surface area (Å²) in [5.74, 6) is -2.39. The molecule has 0 saturated carbocycles. The molecule has 0 radical (unpaired) electrons. The van der Waals surface area contributed by atoms with Crippen LogP contribution in [0.3, 0.4) is 0 Å². The fraction of sp³-hybridized carbons (Fsp3) is 0.786. The molecule has 0 aromatic carbocycles. The molecular formula is C42H76NO10P. The maximum Gasteiger partial charge on any atom is 0.472 e. The van der Waals surface area contributed by atoms with Gasteiger partial charge in [0, 0.05) is 12.8 Å². The molecule has 3 atom stereocenters. The molecule has 314 valence electrons. The van der Waals surface area contributed by atoms with Crippen LogP contribution in [-0.4, -0.2) is 64.9 Å². The minimum atomic E-state index is -4.76. The first kappa shape index (κ1) is 51.7. The summed E-state index contributed by atoms with van der Waals surface area (Å²) < 4.78 is 26.8. The average Bonchev–Trinajstić information content (AvgIpc) is 3.14. The van der Waals surface area contributed by atoms with Gasteiger partial charge in [0.2, 0.25) is 5.91 Å². The van der Waals surface area contributed by atoms with Crippen molar-refractivity contribution in [1.82, 2.24) is 5.32 Å². The highest BCUT2D eigenvalue weighted by molar-refractivity contribution is 7.47. The van der Waals surface area contributed by atoms with E-state index in [9.17, 15) is 34.1 Å². The lowest BCUT2D eigenvalue weighted by molar-refractivity contribution is -0.147. The molecule has 0 saturated heterocycles. The van der Waals surface area contributed by atoms with Gasteiger partial charge in [-0.15, -0.1) is 0 Å². The van der Waals surface area contributed by atoms with Gasteiger partial charge in [0.1, 0.15) is 12.7 Å². The summed E-state index contributed by atoms with van der Waals surface area (Å²) >= 11 is 0. The molecule has 0 aliphatic carbocycles. The standard InChI is InChI=1S/C42H76NO10P/c1-3-5-7-9-11-13-15-17-18-19-20-22-24-26-28-30-32-34-41(46)51-35-38(44)36-52-54(49,50)53-37-39(42(47)48)43-40(45)33-31-29-27-25-23-21-16-14-12-10-8-6-4-2/h11,13-14,16-18,38-39,44H,3-10,12,15,19-37H2,1-2H3,(H,43,45)(H,47,48)(H,49,50)/b13-11-,16-14-,18-17-. The van der Waals surface area contributed by atoms with Crippen molar-refractivity contribution in [3.8, 4) is 0 Å². The van der Waals surface area contributed by atoms with Gasteiger partial charge in [0.15, 0.2) is 6.04 Å². The van der Waals surface area contributed by atoms with Crippen molar-refractivity contribution in [3.05, 3.63) is 36.5 Å². The smallest absolute Gasteiger partial charge is 0.472 e. The fourth-order valence-corrected chi connectivity index (χ4v) is 6.35. The van der Waals surface area contributed by atoms with Crippen molar-refractivity contribution in [2.24, 2.45) is 0 Å². The van der Waals surface area contributed by atoms with Gasteiger partial charge in [0.25, 0.3) is 0 Å². The van der Waals surface area contributed by atoms with E-state index in [2.05, 4.69) is 55.6 Å². The summed E-state index contributed by atoms with van der Waals surface area (Å²) in [7, 11) is -4.76. The zero-order valence-electron chi connectivity index (χ0n) is 33.8. The lowest BCUT2D eigenvalue weighted by Gasteiger charge is -2.18. The van der Waals surface area contributed by atoms with E-state index in [1.807, 2.05) is 0 Å². The highest BCUT2D eigenvalue weighted by Crippen LogP contribution is 2.43. The highest BCUT2D eigenvalue weighted by atomic mass is 31.2. The number of rotatable bonds is 39. The van der Waals surface area contributed by atoms with E-state index < -0.39 is 57.6 Å². The summed E-state index contributed by atoms with van der Waals surface area (Å²) in [6.07, 6.45) is 38.8. The number of hydrogen-bond acceptors (Lipinski definition) is 8. The molecule has 0 aromatic rings. The van der Waals surface area contributed by atoms with Crippen LogP contribution in [0.2, 0.25) is 0 Å². The van der Waals surface area contributed by atoms with Crippen LogP contribution in [0.5, 0.6) is 0 Å². The van der Waals surface area contributed by atoms with Crippen molar-refractivity contribution in [3.63, 3.8) is 0 Å². The third kappa shape index (κ3) is 36.7. The SMILES string of the molecule is CCCCC/C=C\C/C=C\CCCCCCCCCC(=O)OCC(O)COP(=O)(O)OCC(NC(=O)CCCCCCC/C=C\CCCCCC)C(=O)O. The number of aliphatic carboxylic acids is 1. The van der Waals surface area contributed by atoms with Crippen molar-refractivity contribution in [2.45, 2.75) is 193 Å². The number of phosphoric acid groups is 1. The van der Waals surface area contributed by atoms with E-state index in [1.165, 1.54) is 70.6 Å². The first-order chi connectivity index (χ1) is 26.1. The van der Waals surface area contributed by atoms with Gasteiger partial charge in [-0.05, 0) is 70.6 Å². The summed E-state index contributed by atoms with van der Waals surface area (Å²) in [6, 6.07) is -1.55. The number of hydrogen-bond donors (Lipinski definition) is 4. The lowest BCUT2D eigenvalue weighted by atomic mass is 10.1. The Morgan fingerprint density at radius 2 is 1.02 bits per heavy atom.